The molecule has 4 rings (SSSR count). The molecule has 1 saturated heterocycles. The zero-order valence-electron chi connectivity index (χ0n) is 17.1. The van der Waals surface area contributed by atoms with Gasteiger partial charge < -0.3 is 25.4 Å². The molecule has 1 aromatic heterocycles. The van der Waals surface area contributed by atoms with Gasteiger partial charge in [0.1, 0.15) is 31.3 Å². The molecule has 166 valence electrons. The number of ether oxygens (including phenoxy) is 2. The van der Waals surface area contributed by atoms with Crippen molar-refractivity contribution in [1.82, 2.24) is 9.13 Å². The lowest BCUT2D eigenvalue weighted by atomic mass is 10.1. The molecule has 10 nitrogen and oxygen atoms in total. The number of rotatable bonds is 4. The van der Waals surface area contributed by atoms with Crippen LogP contribution in [0.1, 0.15) is 19.3 Å². The van der Waals surface area contributed by atoms with Gasteiger partial charge in [0, 0.05) is 32.3 Å². The van der Waals surface area contributed by atoms with Crippen LogP contribution in [0.25, 0.3) is 0 Å². The molecule has 0 spiro atoms. The van der Waals surface area contributed by atoms with E-state index < -0.39 is 23.7 Å². The number of aromatic nitrogens is 2. The van der Waals surface area contributed by atoms with E-state index in [-0.39, 0.29) is 16.5 Å². The second kappa shape index (κ2) is 8.54. The van der Waals surface area contributed by atoms with E-state index in [4.69, 9.17) is 26.8 Å². The van der Waals surface area contributed by atoms with Gasteiger partial charge in [0.2, 0.25) is 5.91 Å². The largest absolute Gasteiger partial charge is 0.486 e. The first kappa shape index (κ1) is 21.1. The molecule has 2 aliphatic rings. The van der Waals surface area contributed by atoms with Gasteiger partial charge in [-0.15, -0.1) is 0 Å². The fraction of sp³-hybridized carbons (Fsp3) is 0.450. The number of nitrogens with one attached hydrogen (secondary N) is 1. The molecule has 0 atom stereocenters. The van der Waals surface area contributed by atoms with E-state index in [1.54, 1.807) is 12.1 Å². The minimum absolute atomic E-state index is 0.100. The molecule has 1 fully saturated rings. The SMILES string of the molecule is Cn1c(N)c(N2CCCCC2)c(=O)n(CC(=O)Nc2cc3c(cc2Cl)OCCO3)c1=O. The summed E-state index contributed by atoms with van der Waals surface area (Å²) >= 11 is 6.24. The lowest BCUT2D eigenvalue weighted by molar-refractivity contribution is -0.116. The molecule has 3 N–H and O–H groups in total. The highest BCUT2D eigenvalue weighted by Crippen LogP contribution is 2.37. The van der Waals surface area contributed by atoms with Crippen LogP contribution >= 0.6 is 11.6 Å². The lowest BCUT2D eigenvalue weighted by Crippen LogP contribution is -2.46. The predicted molar refractivity (Wildman–Crippen MR) is 117 cm³/mol. The fourth-order valence-corrected chi connectivity index (χ4v) is 4.02. The summed E-state index contributed by atoms with van der Waals surface area (Å²) in [5.74, 6) is 0.471. The molecule has 1 aromatic carbocycles. The summed E-state index contributed by atoms with van der Waals surface area (Å²) in [5, 5.41) is 2.89. The number of halogens is 1. The van der Waals surface area contributed by atoms with E-state index in [0.717, 1.165) is 23.8 Å². The number of carbonyl (C=O) groups is 1. The van der Waals surface area contributed by atoms with Crippen molar-refractivity contribution < 1.29 is 14.3 Å². The zero-order chi connectivity index (χ0) is 22.1. The third kappa shape index (κ3) is 4.07. The number of carbonyl (C=O) groups excluding carboxylic acids is 1. The maximum absolute atomic E-state index is 13.1. The highest BCUT2D eigenvalue weighted by molar-refractivity contribution is 6.34. The Bertz CT molecular complexity index is 1140. The summed E-state index contributed by atoms with van der Waals surface area (Å²) in [6, 6.07) is 3.10. The van der Waals surface area contributed by atoms with Gasteiger partial charge in [0.25, 0.3) is 5.56 Å². The number of anilines is 3. The van der Waals surface area contributed by atoms with Crippen LogP contribution in [0, 0.1) is 0 Å². The van der Waals surface area contributed by atoms with E-state index >= 15 is 0 Å². The van der Waals surface area contributed by atoms with Crippen LogP contribution in [-0.4, -0.2) is 41.3 Å². The molecule has 2 aliphatic heterocycles. The van der Waals surface area contributed by atoms with Crippen molar-refractivity contribution in [3.63, 3.8) is 0 Å². The quantitative estimate of drug-likeness (QED) is 0.718. The van der Waals surface area contributed by atoms with Gasteiger partial charge in [0.05, 0.1) is 10.7 Å². The predicted octanol–water partition coefficient (Wildman–Crippen LogP) is 1.18. The van der Waals surface area contributed by atoms with Crippen molar-refractivity contribution in [2.75, 3.05) is 42.3 Å². The Morgan fingerprint density at radius 1 is 1.13 bits per heavy atom. The van der Waals surface area contributed by atoms with Crippen LogP contribution in [0.5, 0.6) is 11.5 Å². The molecule has 31 heavy (non-hydrogen) atoms. The highest BCUT2D eigenvalue weighted by atomic mass is 35.5. The van der Waals surface area contributed by atoms with Crippen molar-refractivity contribution in [2.45, 2.75) is 25.8 Å². The Balaban J connectivity index is 1.62. The van der Waals surface area contributed by atoms with Gasteiger partial charge >= 0.3 is 5.69 Å². The van der Waals surface area contributed by atoms with E-state index in [1.807, 2.05) is 4.90 Å². The number of fused-ring (bicyclic) bond motifs is 1. The summed E-state index contributed by atoms with van der Waals surface area (Å²) in [4.78, 5) is 40.3. The van der Waals surface area contributed by atoms with Crippen LogP contribution < -0.4 is 36.7 Å². The highest BCUT2D eigenvalue weighted by Gasteiger charge is 2.24. The topological polar surface area (TPSA) is 121 Å². The summed E-state index contributed by atoms with van der Waals surface area (Å²) in [6.45, 7) is 1.68. The third-order valence-corrected chi connectivity index (χ3v) is 5.76. The normalized spacial score (nSPS) is 15.6. The number of nitrogen functional groups attached to an aromatic ring is 1. The van der Waals surface area contributed by atoms with Crippen LogP contribution in [0.2, 0.25) is 5.02 Å². The van der Waals surface area contributed by atoms with Crippen molar-refractivity contribution in [2.24, 2.45) is 7.05 Å². The number of piperidine rings is 1. The average Bonchev–Trinajstić information content (AvgIpc) is 2.77. The smallest absolute Gasteiger partial charge is 0.332 e. The molecule has 2 aromatic rings. The van der Waals surface area contributed by atoms with E-state index in [0.29, 0.717) is 43.5 Å². The number of nitrogens with zero attached hydrogens (tertiary/aromatic N) is 3. The molecular formula is C20H24ClN5O5. The number of benzene rings is 1. The Morgan fingerprint density at radius 3 is 2.45 bits per heavy atom. The molecule has 0 aliphatic carbocycles. The number of amides is 1. The first-order valence-corrected chi connectivity index (χ1v) is 10.5. The first-order valence-electron chi connectivity index (χ1n) is 10.1. The minimum atomic E-state index is -0.660. The molecule has 0 unspecified atom stereocenters. The third-order valence-electron chi connectivity index (χ3n) is 5.45. The molecular weight excluding hydrogens is 426 g/mol. The Kier molecular flexibility index (Phi) is 5.81. The minimum Gasteiger partial charge on any atom is -0.486 e. The second-order valence-corrected chi connectivity index (χ2v) is 7.95. The molecule has 0 bridgehead atoms. The van der Waals surface area contributed by atoms with Gasteiger partial charge in [-0.3, -0.25) is 14.2 Å². The molecule has 3 heterocycles. The molecule has 1 amide bonds. The van der Waals surface area contributed by atoms with Gasteiger partial charge in [-0.25, -0.2) is 9.36 Å². The van der Waals surface area contributed by atoms with Crippen LogP contribution in [0.15, 0.2) is 21.7 Å². The fourth-order valence-electron chi connectivity index (χ4n) is 3.81. The van der Waals surface area contributed by atoms with Gasteiger partial charge in [-0.05, 0) is 19.3 Å². The molecule has 0 saturated carbocycles. The maximum atomic E-state index is 13.1. The summed E-state index contributed by atoms with van der Waals surface area (Å²) < 4.78 is 13.0. The monoisotopic (exact) mass is 449 g/mol. The standard InChI is InChI=1S/C20H24ClN5O5/c1-24-18(22)17(25-5-3-2-4-6-25)19(28)26(20(24)29)11-16(27)23-13-10-15-14(9-12(13)21)30-7-8-31-15/h9-10H,2-8,11,22H2,1H3,(H,23,27). The second-order valence-electron chi connectivity index (χ2n) is 7.54. The molecule has 11 heteroatoms. The van der Waals surface area contributed by atoms with Gasteiger partial charge in [-0.1, -0.05) is 11.6 Å². The van der Waals surface area contributed by atoms with Crippen LogP contribution in [0.4, 0.5) is 17.2 Å². The van der Waals surface area contributed by atoms with Crippen molar-refractivity contribution in [3.05, 3.63) is 38.0 Å². The Hall–Kier alpha value is -3.14. The molecule has 0 radical (unpaired) electrons. The van der Waals surface area contributed by atoms with Crippen molar-refractivity contribution in [1.29, 1.82) is 0 Å². The number of hydrogen-bond donors (Lipinski definition) is 2. The van der Waals surface area contributed by atoms with Crippen molar-refractivity contribution >= 4 is 34.7 Å². The average molecular weight is 450 g/mol. The van der Waals surface area contributed by atoms with E-state index in [2.05, 4.69) is 5.32 Å². The summed E-state index contributed by atoms with van der Waals surface area (Å²) in [6.07, 6.45) is 2.95. The Labute approximate surface area is 183 Å². The van der Waals surface area contributed by atoms with Gasteiger partial charge in [-0.2, -0.15) is 0 Å². The van der Waals surface area contributed by atoms with E-state index in [9.17, 15) is 14.4 Å². The first-order chi connectivity index (χ1) is 14.9. The zero-order valence-corrected chi connectivity index (χ0v) is 17.9. The van der Waals surface area contributed by atoms with E-state index in [1.165, 1.54) is 11.6 Å². The summed E-state index contributed by atoms with van der Waals surface area (Å²) in [5.41, 5.74) is 5.40. The lowest BCUT2D eigenvalue weighted by Gasteiger charge is -2.29. The Morgan fingerprint density at radius 2 is 1.77 bits per heavy atom. The van der Waals surface area contributed by atoms with Crippen molar-refractivity contribution in [3.8, 4) is 11.5 Å². The van der Waals surface area contributed by atoms with Crippen LogP contribution in [-0.2, 0) is 18.4 Å². The summed E-state index contributed by atoms with van der Waals surface area (Å²) in [7, 11) is 1.48. The van der Waals surface area contributed by atoms with Gasteiger partial charge in [0.15, 0.2) is 11.5 Å². The maximum Gasteiger partial charge on any atom is 0.332 e. The number of hydrogen-bond acceptors (Lipinski definition) is 7. The number of nitrogens with two attached hydrogens (primary N) is 1. The van der Waals surface area contributed by atoms with Crippen LogP contribution in [0.3, 0.4) is 0 Å².